The van der Waals surface area contributed by atoms with Crippen LogP contribution in [0.2, 0.25) is 177 Å². The first-order valence-electron chi connectivity index (χ1n) is 20.7. The molecule has 9 nitrogen and oxygen atoms in total. The zero-order chi connectivity index (χ0) is 45.4. The Morgan fingerprint density at radius 1 is 0.298 bits per heavy atom. The van der Waals surface area contributed by atoms with Crippen LogP contribution in [0, 0.1) is 0 Å². The van der Waals surface area contributed by atoms with Gasteiger partial charge in [-0.2, -0.15) is 0 Å². The Bertz CT molecular complexity index is 1370. The van der Waals surface area contributed by atoms with Crippen LogP contribution in [-0.2, 0) is 37.0 Å². The summed E-state index contributed by atoms with van der Waals surface area (Å²) < 4.78 is 73.3. The first-order valence-corrected chi connectivity index (χ1v) is 61.7. The first-order chi connectivity index (χ1) is 24.7. The highest BCUT2D eigenvalue weighted by molar-refractivity contribution is 7.78. The van der Waals surface area contributed by atoms with Crippen molar-refractivity contribution in [2.45, 2.75) is 177 Å². The molecular formula is C35H88O9Si13. The summed E-state index contributed by atoms with van der Waals surface area (Å²) in [5.74, 6) is 0. The standard InChI is InChI=1S/C35H88O9Si13/c1-45(2,3)36-54(37-46(4,5)6,34-33-35-31-29-28-30-32-35)56(41-50(16,17)18,42-51(19,20)21)57(43-52(22,23)24,44-53(25,26)27)55(38-47(7,8)9,39-48(10,11)12)40-49(13,14)15/h28-34H,1-27H3. The smallest absolute Gasteiger partial charge is 0.435 e. The zero-order valence-corrected chi connectivity index (χ0v) is 54.7. The average Bonchev–Trinajstić information content (AvgIpc) is 2.83. The molecule has 0 heterocycles. The number of benzene rings is 1. The van der Waals surface area contributed by atoms with E-state index in [0.717, 1.165) is 5.56 Å². The molecule has 0 fully saturated rings. The molecule has 0 N–H and O–H groups in total. The lowest BCUT2D eigenvalue weighted by Gasteiger charge is -2.62. The lowest BCUT2D eigenvalue weighted by atomic mass is 10.2. The second-order valence-corrected chi connectivity index (χ2v) is 89.6. The number of hydrogen-bond donors (Lipinski definition) is 0. The van der Waals surface area contributed by atoms with E-state index in [4.69, 9.17) is 37.0 Å². The minimum atomic E-state index is -4.38. The van der Waals surface area contributed by atoms with Crippen molar-refractivity contribution in [2.75, 3.05) is 0 Å². The van der Waals surface area contributed by atoms with Crippen molar-refractivity contribution in [3.05, 3.63) is 41.6 Å². The maximum absolute atomic E-state index is 8.35. The Kier molecular flexibility index (Phi) is 18.7. The molecule has 0 saturated carbocycles. The van der Waals surface area contributed by atoms with Crippen molar-refractivity contribution < 1.29 is 37.0 Å². The second kappa shape index (κ2) is 18.9. The molecule has 0 aliphatic rings. The van der Waals surface area contributed by atoms with Crippen LogP contribution >= 0.6 is 0 Å². The van der Waals surface area contributed by atoms with Gasteiger partial charge in [-0.1, -0.05) is 36.4 Å². The van der Waals surface area contributed by atoms with Crippen LogP contribution in [0.4, 0.5) is 0 Å². The third kappa shape index (κ3) is 19.0. The normalized spacial score (nSPS) is 15.8. The minimum Gasteiger partial charge on any atom is -0.435 e. The van der Waals surface area contributed by atoms with Crippen molar-refractivity contribution in [2.24, 2.45) is 0 Å². The fourth-order valence-electron chi connectivity index (χ4n) is 6.22. The summed E-state index contributed by atoms with van der Waals surface area (Å²) in [6.07, 6.45) is 2.21. The summed E-state index contributed by atoms with van der Waals surface area (Å²) in [5.41, 5.74) is 3.35. The van der Waals surface area contributed by atoms with Crippen LogP contribution in [-0.4, -0.2) is 106 Å². The van der Waals surface area contributed by atoms with Crippen LogP contribution < -0.4 is 0 Å². The van der Waals surface area contributed by atoms with Gasteiger partial charge in [-0.05, 0) is 188 Å². The molecule has 0 bridgehead atoms. The average molecular weight is 1020 g/mol. The van der Waals surface area contributed by atoms with Crippen molar-refractivity contribution >= 4 is 113 Å². The van der Waals surface area contributed by atoms with Gasteiger partial charge in [0.1, 0.15) is 0 Å². The zero-order valence-electron chi connectivity index (χ0n) is 41.7. The van der Waals surface area contributed by atoms with E-state index >= 15 is 0 Å². The monoisotopic (exact) mass is 1020 g/mol. The molecular weight excluding hydrogens is 929 g/mol. The highest BCUT2D eigenvalue weighted by Crippen LogP contribution is 2.50. The molecule has 1 aromatic rings. The van der Waals surface area contributed by atoms with Gasteiger partial charge in [0.15, 0.2) is 74.9 Å². The highest BCUT2D eigenvalue weighted by atomic mass is 29.9. The molecule has 0 spiro atoms. The number of hydrogen-bond acceptors (Lipinski definition) is 9. The Morgan fingerprint density at radius 3 is 0.789 bits per heavy atom. The predicted octanol–water partition coefficient (Wildman–Crippen LogP) is 12.4. The van der Waals surface area contributed by atoms with E-state index in [1.165, 1.54) is 0 Å². The van der Waals surface area contributed by atoms with E-state index < -0.39 is 106 Å². The van der Waals surface area contributed by atoms with Gasteiger partial charge in [0.25, 0.3) is 0 Å². The van der Waals surface area contributed by atoms with Crippen LogP contribution in [0.3, 0.4) is 0 Å². The van der Waals surface area contributed by atoms with Crippen LogP contribution in [0.15, 0.2) is 36.0 Å². The molecule has 0 unspecified atom stereocenters. The lowest BCUT2D eigenvalue weighted by Crippen LogP contribution is -2.98. The Morgan fingerprint density at radius 2 is 0.544 bits per heavy atom. The molecule has 0 aliphatic heterocycles. The Labute approximate surface area is 365 Å². The molecule has 0 aromatic heterocycles. The van der Waals surface area contributed by atoms with Gasteiger partial charge in [-0.3, -0.25) is 0 Å². The summed E-state index contributed by atoms with van der Waals surface area (Å²) in [7, 11) is -40.2. The van der Waals surface area contributed by atoms with Gasteiger partial charge >= 0.3 is 31.6 Å². The van der Waals surface area contributed by atoms with Gasteiger partial charge in [0.05, 0.1) is 0 Å². The maximum Gasteiger partial charge on any atom is 0.508 e. The van der Waals surface area contributed by atoms with Gasteiger partial charge in [0.2, 0.25) is 0 Å². The van der Waals surface area contributed by atoms with Crippen molar-refractivity contribution in [3.63, 3.8) is 0 Å². The highest BCUT2D eigenvalue weighted by Gasteiger charge is 2.92. The summed E-state index contributed by atoms with van der Waals surface area (Å²) in [4.78, 5) is 0. The predicted molar refractivity (Wildman–Crippen MR) is 278 cm³/mol. The molecule has 0 atom stereocenters. The van der Waals surface area contributed by atoms with Gasteiger partial charge in [-0.25, -0.2) is 0 Å². The Hall–Kier alpha value is 1.42. The minimum absolute atomic E-state index is 1.06. The third-order valence-electron chi connectivity index (χ3n) is 6.63. The van der Waals surface area contributed by atoms with E-state index in [2.05, 4.69) is 219 Å². The Balaban J connectivity index is 5.59. The molecule has 1 rings (SSSR count). The summed E-state index contributed by atoms with van der Waals surface area (Å²) in [6.45, 7) is 61.1. The molecule has 0 aliphatic carbocycles. The van der Waals surface area contributed by atoms with Crippen molar-refractivity contribution in [1.82, 2.24) is 0 Å². The summed E-state index contributed by atoms with van der Waals surface area (Å²) in [5, 5.41) is 0. The van der Waals surface area contributed by atoms with E-state index in [1.54, 1.807) is 0 Å². The molecule has 57 heavy (non-hydrogen) atoms. The summed E-state index contributed by atoms with van der Waals surface area (Å²) >= 11 is 0. The second-order valence-electron chi connectivity index (χ2n) is 24.1. The third-order valence-corrected chi connectivity index (χ3v) is 76.4. The van der Waals surface area contributed by atoms with Crippen molar-refractivity contribution in [1.29, 1.82) is 0 Å². The van der Waals surface area contributed by atoms with Gasteiger partial charge < -0.3 is 37.0 Å². The molecule has 1 aromatic carbocycles. The van der Waals surface area contributed by atoms with E-state index in [0.29, 0.717) is 0 Å². The van der Waals surface area contributed by atoms with Gasteiger partial charge in [0, 0.05) is 0 Å². The fraction of sp³-hybridized carbons (Fsp3) is 0.771. The summed E-state index contributed by atoms with van der Waals surface area (Å²) in [6, 6.07) is 10.5. The van der Waals surface area contributed by atoms with Crippen molar-refractivity contribution in [3.8, 4) is 0 Å². The number of rotatable bonds is 23. The van der Waals surface area contributed by atoms with Crippen LogP contribution in [0.25, 0.3) is 6.08 Å². The van der Waals surface area contributed by atoms with Crippen LogP contribution in [0.5, 0.6) is 0 Å². The molecule has 334 valence electrons. The van der Waals surface area contributed by atoms with E-state index in [9.17, 15) is 0 Å². The van der Waals surface area contributed by atoms with E-state index in [-0.39, 0.29) is 0 Å². The largest absolute Gasteiger partial charge is 0.508 e. The fourth-order valence-corrected chi connectivity index (χ4v) is 134. The topological polar surface area (TPSA) is 83.1 Å². The molecule has 22 heteroatoms. The van der Waals surface area contributed by atoms with Gasteiger partial charge in [-0.15, -0.1) is 0 Å². The molecule has 0 radical (unpaired) electrons. The maximum atomic E-state index is 8.35. The SMILES string of the molecule is C[Si](C)(C)O[Si](C=Cc1ccccc1)(O[Si](C)(C)C)[Si](O[Si](C)(C)C)(O[Si](C)(C)C)[Si](O[Si](C)(C)C)(O[Si](C)(C)C)[Si](O[Si](C)(C)C)(O[Si](C)(C)C)O[Si](C)(C)C. The lowest BCUT2D eigenvalue weighted by molar-refractivity contribution is 0.242. The van der Waals surface area contributed by atoms with Crippen LogP contribution in [0.1, 0.15) is 5.56 Å². The molecule has 0 saturated heterocycles. The first kappa shape index (κ1) is 56.4. The van der Waals surface area contributed by atoms with E-state index in [1.807, 2.05) is 0 Å². The quantitative estimate of drug-likeness (QED) is 0.0996. The molecule has 0 amide bonds.